The normalized spacial score (nSPS) is 10.6. The zero-order chi connectivity index (χ0) is 26.0. The van der Waals surface area contributed by atoms with E-state index in [2.05, 4.69) is 31.8 Å². The summed E-state index contributed by atoms with van der Waals surface area (Å²) in [7, 11) is 0. The molecule has 0 atom stereocenters. The first-order valence-corrected chi connectivity index (χ1v) is 12.1. The largest absolute Gasteiger partial charge is 0.422 e. The van der Waals surface area contributed by atoms with Crippen LogP contribution in [-0.4, -0.2) is 24.0 Å². The lowest BCUT2D eigenvalue weighted by atomic mass is 10.1. The van der Waals surface area contributed by atoms with Gasteiger partial charge in [0.2, 0.25) is 5.91 Å². The van der Waals surface area contributed by atoms with E-state index in [-0.39, 0.29) is 12.3 Å². The van der Waals surface area contributed by atoms with Crippen molar-refractivity contribution in [3.63, 3.8) is 0 Å². The number of esters is 1. The van der Waals surface area contributed by atoms with Crippen molar-refractivity contribution in [1.29, 1.82) is 0 Å². The van der Waals surface area contributed by atoms with Crippen molar-refractivity contribution in [3.05, 3.63) is 130 Å². The Kier molecular flexibility index (Phi) is 8.57. The Morgan fingerprint density at radius 3 is 2.16 bits per heavy atom. The Bertz CT molecular complexity index is 1420. The molecule has 0 aliphatic rings. The molecule has 4 aromatic carbocycles. The second-order valence-corrected chi connectivity index (χ2v) is 8.84. The molecule has 0 spiro atoms. The average molecular weight is 556 g/mol. The van der Waals surface area contributed by atoms with Gasteiger partial charge in [-0.2, -0.15) is 5.10 Å². The Balaban J connectivity index is 1.32. The SMILES string of the molecule is O=C(Cc1ccccc1)Nc1ccc(C(=O)N/N=C\c2ccccc2OC(=O)c2ccc(Br)cc2)cc1. The molecule has 0 aliphatic heterocycles. The molecule has 0 aromatic heterocycles. The molecule has 0 bridgehead atoms. The number of carbonyl (C=O) groups excluding carboxylic acids is 3. The maximum Gasteiger partial charge on any atom is 0.343 e. The highest BCUT2D eigenvalue weighted by Crippen LogP contribution is 2.19. The predicted octanol–water partition coefficient (Wildman–Crippen LogP) is 5.61. The topological polar surface area (TPSA) is 96.9 Å². The van der Waals surface area contributed by atoms with Gasteiger partial charge < -0.3 is 10.1 Å². The third-order valence-electron chi connectivity index (χ3n) is 5.21. The Labute approximate surface area is 222 Å². The van der Waals surface area contributed by atoms with Gasteiger partial charge in [0.15, 0.2) is 0 Å². The van der Waals surface area contributed by atoms with E-state index in [1.165, 1.54) is 6.21 Å². The van der Waals surface area contributed by atoms with Crippen LogP contribution >= 0.6 is 15.9 Å². The van der Waals surface area contributed by atoms with Gasteiger partial charge in [0, 0.05) is 21.3 Å². The molecule has 4 rings (SSSR count). The van der Waals surface area contributed by atoms with Crippen LogP contribution in [-0.2, 0) is 11.2 Å². The zero-order valence-electron chi connectivity index (χ0n) is 19.6. The van der Waals surface area contributed by atoms with Crippen LogP contribution in [0.15, 0.2) is 113 Å². The highest BCUT2D eigenvalue weighted by atomic mass is 79.9. The molecule has 0 saturated heterocycles. The molecular weight excluding hydrogens is 534 g/mol. The van der Waals surface area contributed by atoms with E-state index >= 15 is 0 Å². The van der Waals surface area contributed by atoms with Crippen molar-refractivity contribution >= 4 is 45.6 Å². The van der Waals surface area contributed by atoms with E-state index in [0.717, 1.165) is 10.0 Å². The molecule has 8 heteroatoms. The fraction of sp³-hybridized carbons (Fsp3) is 0.0345. The van der Waals surface area contributed by atoms with Gasteiger partial charge in [0.05, 0.1) is 18.2 Å². The third-order valence-corrected chi connectivity index (χ3v) is 5.74. The number of nitrogens with zero attached hydrogens (tertiary/aromatic N) is 1. The minimum atomic E-state index is -0.506. The number of hydrogen-bond acceptors (Lipinski definition) is 5. The molecular formula is C29H22BrN3O4. The van der Waals surface area contributed by atoms with E-state index in [1.54, 1.807) is 72.8 Å². The van der Waals surface area contributed by atoms with Gasteiger partial charge in [0.25, 0.3) is 5.91 Å². The van der Waals surface area contributed by atoms with E-state index in [4.69, 9.17) is 4.74 Å². The van der Waals surface area contributed by atoms with Crippen molar-refractivity contribution < 1.29 is 19.1 Å². The number of benzene rings is 4. The number of para-hydroxylation sites is 1. The Morgan fingerprint density at radius 1 is 0.784 bits per heavy atom. The summed E-state index contributed by atoms with van der Waals surface area (Å²) in [6.07, 6.45) is 1.66. The number of ether oxygens (including phenoxy) is 1. The van der Waals surface area contributed by atoms with Gasteiger partial charge in [-0.1, -0.05) is 58.4 Å². The lowest BCUT2D eigenvalue weighted by molar-refractivity contribution is -0.115. The maximum absolute atomic E-state index is 12.5. The molecule has 4 aromatic rings. The molecule has 0 radical (unpaired) electrons. The maximum atomic E-state index is 12.5. The van der Waals surface area contributed by atoms with Gasteiger partial charge in [-0.25, -0.2) is 10.2 Å². The van der Waals surface area contributed by atoms with E-state index in [0.29, 0.717) is 28.1 Å². The number of hydrogen-bond donors (Lipinski definition) is 2. The summed E-state index contributed by atoms with van der Waals surface area (Å²) < 4.78 is 6.36. The summed E-state index contributed by atoms with van der Waals surface area (Å²) in [4.78, 5) is 37.2. The number of nitrogens with one attached hydrogen (secondary N) is 2. The highest BCUT2D eigenvalue weighted by molar-refractivity contribution is 9.10. The van der Waals surface area contributed by atoms with Crippen molar-refractivity contribution in [1.82, 2.24) is 5.43 Å². The van der Waals surface area contributed by atoms with E-state index < -0.39 is 11.9 Å². The van der Waals surface area contributed by atoms with Crippen LogP contribution in [0.4, 0.5) is 5.69 Å². The van der Waals surface area contributed by atoms with Crippen molar-refractivity contribution in [3.8, 4) is 5.75 Å². The molecule has 2 amide bonds. The zero-order valence-corrected chi connectivity index (χ0v) is 21.1. The monoisotopic (exact) mass is 555 g/mol. The van der Waals surface area contributed by atoms with Gasteiger partial charge in [-0.3, -0.25) is 9.59 Å². The summed E-state index contributed by atoms with van der Waals surface area (Å²) in [5.41, 5.74) is 5.25. The highest BCUT2D eigenvalue weighted by Gasteiger charge is 2.11. The van der Waals surface area contributed by atoms with E-state index in [9.17, 15) is 14.4 Å². The molecule has 7 nitrogen and oxygen atoms in total. The molecule has 184 valence electrons. The van der Waals surface area contributed by atoms with Gasteiger partial charge in [-0.05, 0) is 66.2 Å². The van der Waals surface area contributed by atoms with Crippen LogP contribution in [0.1, 0.15) is 31.8 Å². The summed E-state index contributed by atoms with van der Waals surface area (Å²) in [6, 6.07) is 29.6. The minimum Gasteiger partial charge on any atom is -0.422 e. The number of anilines is 1. The minimum absolute atomic E-state index is 0.146. The summed E-state index contributed by atoms with van der Waals surface area (Å²) >= 11 is 3.33. The Hall–Kier alpha value is -4.56. The standard InChI is InChI=1S/C29H22BrN3O4/c30-24-14-10-22(11-15-24)29(36)37-26-9-5-4-8-23(26)19-31-33-28(35)21-12-16-25(17-13-21)32-27(34)18-20-6-2-1-3-7-20/h1-17,19H,18H2,(H,32,34)(H,33,35)/b31-19-. The molecule has 0 aliphatic carbocycles. The lowest BCUT2D eigenvalue weighted by Gasteiger charge is -2.08. The first-order valence-electron chi connectivity index (χ1n) is 11.3. The predicted molar refractivity (Wildman–Crippen MR) is 146 cm³/mol. The summed E-state index contributed by atoms with van der Waals surface area (Å²) in [5, 5.41) is 6.81. The average Bonchev–Trinajstić information content (AvgIpc) is 2.91. The van der Waals surface area contributed by atoms with Crippen LogP contribution in [0.3, 0.4) is 0 Å². The van der Waals surface area contributed by atoms with E-state index in [1.807, 2.05) is 30.3 Å². The number of rotatable bonds is 8. The number of hydrazone groups is 1. The first-order chi connectivity index (χ1) is 18.0. The van der Waals surface area contributed by atoms with Crippen molar-refractivity contribution in [2.45, 2.75) is 6.42 Å². The molecule has 0 saturated carbocycles. The van der Waals surface area contributed by atoms with Gasteiger partial charge in [-0.15, -0.1) is 0 Å². The fourth-order valence-corrected chi connectivity index (χ4v) is 3.61. The smallest absolute Gasteiger partial charge is 0.343 e. The molecule has 0 fully saturated rings. The quantitative estimate of drug-likeness (QED) is 0.128. The van der Waals surface area contributed by atoms with Gasteiger partial charge >= 0.3 is 5.97 Å². The van der Waals surface area contributed by atoms with Crippen LogP contribution in [0, 0.1) is 0 Å². The van der Waals surface area contributed by atoms with Crippen LogP contribution in [0.2, 0.25) is 0 Å². The molecule has 2 N–H and O–H groups in total. The van der Waals surface area contributed by atoms with Crippen molar-refractivity contribution in [2.24, 2.45) is 5.10 Å². The van der Waals surface area contributed by atoms with Crippen molar-refractivity contribution in [2.75, 3.05) is 5.32 Å². The lowest BCUT2D eigenvalue weighted by Crippen LogP contribution is -2.18. The van der Waals surface area contributed by atoms with Gasteiger partial charge in [0.1, 0.15) is 5.75 Å². The van der Waals surface area contributed by atoms with Crippen LogP contribution < -0.4 is 15.5 Å². The van der Waals surface area contributed by atoms with Crippen LogP contribution in [0.25, 0.3) is 0 Å². The third kappa shape index (κ3) is 7.46. The summed E-state index contributed by atoms with van der Waals surface area (Å²) in [5.74, 6) is -0.771. The number of carbonyl (C=O) groups is 3. The van der Waals surface area contributed by atoms with Crippen LogP contribution in [0.5, 0.6) is 5.75 Å². The first kappa shape index (κ1) is 25.5. The second-order valence-electron chi connectivity index (χ2n) is 7.92. The number of halogens is 1. The number of amides is 2. The molecule has 0 heterocycles. The molecule has 37 heavy (non-hydrogen) atoms. The summed E-state index contributed by atoms with van der Waals surface area (Å²) in [6.45, 7) is 0. The molecule has 0 unspecified atom stereocenters. The fourth-order valence-electron chi connectivity index (χ4n) is 3.34. The second kappa shape index (κ2) is 12.4. The Morgan fingerprint density at radius 2 is 1.43 bits per heavy atom.